The summed E-state index contributed by atoms with van der Waals surface area (Å²) in [7, 11) is 3.87. The van der Waals surface area contributed by atoms with Crippen molar-refractivity contribution in [3.05, 3.63) is 22.5 Å². The molecule has 2 aliphatic heterocycles. The highest BCUT2D eigenvalue weighted by molar-refractivity contribution is 5.75. The van der Waals surface area contributed by atoms with Crippen molar-refractivity contribution >= 4 is 18.0 Å². The third kappa shape index (κ3) is 1.77. The number of fused-ring (bicyclic) bond motifs is 1. The second-order valence-corrected chi connectivity index (χ2v) is 5.24. The van der Waals surface area contributed by atoms with Gasteiger partial charge in [-0.3, -0.25) is 4.57 Å². The van der Waals surface area contributed by atoms with Crippen LogP contribution in [0.25, 0.3) is 5.82 Å². The lowest BCUT2D eigenvalue weighted by atomic mass is 10.3. The highest BCUT2D eigenvalue weighted by Crippen LogP contribution is 2.13. The van der Waals surface area contributed by atoms with Gasteiger partial charge in [0.15, 0.2) is 5.49 Å². The molecule has 1 atom stereocenters. The summed E-state index contributed by atoms with van der Waals surface area (Å²) >= 11 is 0. The van der Waals surface area contributed by atoms with Crippen molar-refractivity contribution in [2.45, 2.75) is 20.0 Å². The molecule has 7 nitrogen and oxygen atoms in total. The minimum Gasteiger partial charge on any atom is -0.383 e. The maximum absolute atomic E-state index is 6.16. The van der Waals surface area contributed by atoms with Crippen LogP contribution in [0.2, 0.25) is 0 Å². The molecule has 0 spiro atoms. The molecule has 1 aromatic heterocycles. The van der Waals surface area contributed by atoms with E-state index in [9.17, 15) is 0 Å². The number of hydrazone groups is 1. The van der Waals surface area contributed by atoms with E-state index in [1.165, 1.54) is 5.57 Å². The Hall–Kier alpha value is -2.31. The minimum atomic E-state index is 0.0113. The third-order valence-electron chi connectivity index (χ3n) is 3.73. The van der Waals surface area contributed by atoms with Crippen LogP contribution in [0.1, 0.15) is 13.8 Å². The van der Waals surface area contributed by atoms with Crippen LogP contribution in [-0.4, -0.2) is 40.4 Å². The Morgan fingerprint density at radius 3 is 2.80 bits per heavy atom. The van der Waals surface area contributed by atoms with Gasteiger partial charge >= 0.3 is 0 Å². The van der Waals surface area contributed by atoms with Gasteiger partial charge in [-0.1, -0.05) is 5.57 Å². The van der Waals surface area contributed by atoms with Gasteiger partial charge in [-0.2, -0.15) is 5.10 Å². The van der Waals surface area contributed by atoms with E-state index in [1.54, 1.807) is 6.21 Å². The van der Waals surface area contributed by atoms with E-state index in [2.05, 4.69) is 22.0 Å². The largest absolute Gasteiger partial charge is 0.383 e. The van der Waals surface area contributed by atoms with Crippen molar-refractivity contribution in [2.75, 3.05) is 18.6 Å². The van der Waals surface area contributed by atoms with Gasteiger partial charge in [0.2, 0.25) is 5.95 Å². The Bertz CT molecular complexity index is 725. The molecule has 0 aromatic carbocycles. The number of nitrogens with zero attached hydrogens (tertiary/aromatic N) is 6. The van der Waals surface area contributed by atoms with Crippen LogP contribution in [-0.2, 0) is 7.05 Å². The number of anilines is 1. The third-order valence-corrected chi connectivity index (χ3v) is 3.73. The first-order valence-corrected chi connectivity index (χ1v) is 6.59. The summed E-state index contributed by atoms with van der Waals surface area (Å²) in [5.41, 5.74) is 8.20. The predicted octanol–water partition coefficient (Wildman–Crippen LogP) is -0.892. The van der Waals surface area contributed by atoms with E-state index >= 15 is 0 Å². The fraction of sp³-hybridized carbons (Fsp3) is 0.462. The molecule has 1 unspecified atom stereocenters. The molecule has 2 N–H and O–H groups in total. The molecule has 1 aromatic rings. The standard InChI is InChI=1S/C13H19N7/c1-8-5-6-15-20(7-8)13-17-10-11(14)18(3)9(2)16-12(10)19(13)4/h5-6,9H,7,14H2,1-4H3. The van der Waals surface area contributed by atoms with Gasteiger partial charge in [0.05, 0.1) is 6.54 Å². The normalized spacial score (nSPS) is 21.7. The number of imidazole rings is 1. The van der Waals surface area contributed by atoms with E-state index in [4.69, 9.17) is 5.73 Å². The average molecular weight is 273 g/mol. The number of hydrogen-bond donors (Lipinski definition) is 1. The quantitative estimate of drug-likeness (QED) is 0.720. The zero-order valence-electron chi connectivity index (χ0n) is 12.2. The molecule has 20 heavy (non-hydrogen) atoms. The second-order valence-electron chi connectivity index (χ2n) is 5.24. The molecule has 0 saturated carbocycles. The fourth-order valence-corrected chi connectivity index (χ4v) is 2.35. The molecule has 0 saturated heterocycles. The summed E-state index contributed by atoms with van der Waals surface area (Å²) in [5.74, 6) is 1.41. The molecule has 0 fully saturated rings. The molecule has 0 aliphatic carbocycles. The Labute approximate surface area is 117 Å². The molecule has 0 amide bonds. The Morgan fingerprint density at radius 2 is 2.10 bits per heavy atom. The highest BCUT2D eigenvalue weighted by Gasteiger charge is 2.22. The maximum atomic E-state index is 6.16. The Kier molecular flexibility index (Phi) is 2.77. The van der Waals surface area contributed by atoms with Crippen LogP contribution in [0.5, 0.6) is 0 Å². The topological polar surface area (TPSA) is 75.0 Å². The number of hydrogen-bond acceptors (Lipinski definition) is 6. The second kappa shape index (κ2) is 4.36. The van der Waals surface area contributed by atoms with Crippen molar-refractivity contribution in [1.82, 2.24) is 14.5 Å². The van der Waals surface area contributed by atoms with Crippen molar-refractivity contribution in [2.24, 2.45) is 22.9 Å². The fourth-order valence-electron chi connectivity index (χ4n) is 2.35. The minimum absolute atomic E-state index is 0.0113. The van der Waals surface area contributed by atoms with Gasteiger partial charge < -0.3 is 10.6 Å². The molecule has 0 bridgehead atoms. The van der Waals surface area contributed by atoms with E-state index in [-0.39, 0.29) is 6.17 Å². The first kappa shape index (κ1) is 12.7. The zero-order chi connectivity index (χ0) is 14.4. The SMILES string of the molecule is CC1=CC=NN(c2nc3c(n2C)=NC(C)N(C)C=3N)C1. The lowest BCUT2D eigenvalue weighted by Gasteiger charge is -2.25. The lowest BCUT2D eigenvalue weighted by Crippen LogP contribution is -2.47. The summed E-state index contributed by atoms with van der Waals surface area (Å²) in [5, 5.41) is 6.95. The number of rotatable bonds is 1. The van der Waals surface area contributed by atoms with E-state index < -0.39 is 0 Å². The van der Waals surface area contributed by atoms with Crippen LogP contribution < -0.4 is 21.6 Å². The van der Waals surface area contributed by atoms with Crippen LogP contribution >= 0.6 is 0 Å². The molecular formula is C13H19N7. The number of allylic oxidation sites excluding steroid dienone is 1. The van der Waals surface area contributed by atoms with Crippen molar-refractivity contribution in [3.8, 4) is 0 Å². The van der Waals surface area contributed by atoms with Crippen LogP contribution in [0.15, 0.2) is 21.7 Å². The summed E-state index contributed by atoms with van der Waals surface area (Å²) in [6.07, 6.45) is 3.79. The van der Waals surface area contributed by atoms with Crippen LogP contribution in [0.4, 0.5) is 5.95 Å². The summed E-state index contributed by atoms with van der Waals surface area (Å²) in [6, 6.07) is 0. The summed E-state index contributed by atoms with van der Waals surface area (Å²) < 4.78 is 1.95. The molecular weight excluding hydrogens is 254 g/mol. The summed E-state index contributed by atoms with van der Waals surface area (Å²) in [6.45, 7) is 4.81. The zero-order valence-corrected chi connectivity index (χ0v) is 12.2. The number of nitrogens with two attached hydrogens (primary N) is 1. The molecule has 3 heterocycles. The van der Waals surface area contributed by atoms with Gasteiger partial charge in [-0.15, -0.1) is 0 Å². The maximum Gasteiger partial charge on any atom is 0.228 e. The van der Waals surface area contributed by atoms with Gasteiger partial charge in [0, 0.05) is 20.3 Å². The highest BCUT2D eigenvalue weighted by atomic mass is 15.5. The van der Waals surface area contributed by atoms with E-state index in [0.29, 0.717) is 5.82 Å². The van der Waals surface area contributed by atoms with Crippen LogP contribution in [0, 0.1) is 0 Å². The monoisotopic (exact) mass is 273 g/mol. The molecule has 106 valence electrons. The van der Waals surface area contributed by atoms with Gasteiger partial charge in [0.1, 0.15) is 17.3 Å². The average Bonchev–Trinajstić information content (AvgIpc) is 2.74. The smallest absolute Gasteiger partial charge is 0.228 e. The van der Waals surface area contributed by atoms with Crippen LogP contribution in [0.3, 0.4) is 0 Å². The molecule has 2 aliphatic rings. The first-order valence-electron chi connectivity index (χ1n) is 6.59. The van der Waals surface area contributed by atoms with Crippen molar-refractivity contribution in [3.63, 3.8) is 0 Å². The first-order chi connectivity index (χ1) is 9.49. The Balaban J connectivity index is 2.17. The van der Waals surface area contributed by atoms with Gasteiger partial charge in [-0.05, 0) is 19.9 Å². The van der Waals surface area contributed by atoms with Crippen molar-refractivity contribution < 1.29 is 0 Å². The molecule has 7 heteroatoms. The predicted molar refractivity (Wildman–Crippen MR) is 78.4 cm³/mol. The van der Waals surface area contributed by atoms with Gasteiger partial charge in [0.25, 0.3) is 0 Å². The lowest BCUT2D eigenvalue weighted by molar-refractivity contribution is 0.355. The van der Waals surface area contributed by atoms with E-state index in [1.807, 2.05) is 41.6 Å². The van der Waals surface area contributed by atoms with Crippen molar-refractivity contribution in [1.29, 1.82) is 0 Å². The van der Waals surface area contributed by atoms with Gasteiger partial charge in [-0.25, -0.2) is 15.0 Å². The molecule has 0 radical (unpaired) electrons. The molecule has 3 rings (SSSR count). The van der Waals surface area contributed by atoms with E-state index in [0.717, 1.165) is 23.3 Å². The Morgan fingerprint density at radius 1 is 1.35 bits per heavy atom. The summed E-state index contributed by atoms with van der Waals surface area (Å²) in [4.78, 5) is 11.2. The number of aromatic nitrogens is 2.